The Morgan fingerprint density at radius 1 is 1.50 bits per heavy atom. The fourth-order valence-corrected chi connectivity index (χ4v) is 1.61. The van der Waals surface area contributed by atoms with Crippen LogP contribution in [0.5, 0.6) is 0 Å². The summed E-state index contributed by atoms with van der Waals surface area (Å²) in [4.78, 5) is 14.0. The molecule has 0 bridgehead atoms. The number of hydrogen-bond acceptors (Lipinski definition) is 2. The molecule has 1 unspecified atom stereocenters. The Balaban J connectivity index is 2.44. The average Bonchev–Trinajstić information content (AvgIpc) is 2.74. The van der Waals surface area contributed by atoms with Crippen LogP contribution in [0, 0.1) is 0 Å². The van der Waals surface area contributed by atoms with Gasteiger partial charge in [-0.25, -0.2) is 4.79 Å². The minimum atomic E-state index is -0.159. The van der Waals surface area contributed by atoms with Gasteiger partial charge in [0.15, 0.2) is 0 Å². The second-order valence-electron chi connectivity index (χ2n) is 3.81. The summed E-state index contributed by atoms with van der Waals surface area (Å²) < 4.78 is 1.54. The normalized spacial score (nSPS) is 12.6. The third-order valence-corrected chi connectivity index (χ3v) is 2.64. The van der Waals surface area contributed by atoms with Gasteiger partial charge in [0.05, 0.1) is 5.69 Å². The number of aliphatic hydroxyl groups is 1. The number of H-pyrrole nitrogens is 1. The Morgan fingerprint density at radius 2 is 2.31 bits per heavy atom. The summed E-state index contributed by atoms with van der Waals surface area (Å²) in [7, 11) is 0. The summed E-state index contributed by atoms with van der Waals surface area (Å²) in [5.74, 6) is 0.0783. The number of rotatable bonds is 3. The number of nitrogens with one attached hydrogen (secondary N) is 1. The van der Waals surface area contributed by atoms with Gasteiger partial charge in [-0.05, 0) is 17.7 Å². The third-order valence-electron chi connectivity index (χ3n) is 2.64. The molecular weight excluding hydrogens is 204 g/mol. The zero-order valence-corrected chi connectivity index (χ0v) is 9.05. The lowest BCUT2D eigenvalue weighted by molar-refractivity contribution is 0.273. The van der Waals surface area contributed by atoms with Gasteiger partial charge in [-0.15, -0.1) is 0 Å². The molecule has 1 aromatic heterocycles. The fraction of sp³-hybridized carbons (Fsp3) is 0.250. The molecule has 0 saturated heterocycles. The lowest BCUT2D eigenvalue weighted by Crippen LogP contribution is -2.14. The zero-order valence-electron chi connectivity index (χ0n) is 9.05. The van der Waals surface area contributed by atoms with Crippen LogP contribution in [0.25, 0.3) is 5.69 Å². The first-order valence-electron chi connectivity index (χ1n) is 5.19. The van der Waals surface area contributed by atoms with E-state index in [4.69, 9.17) is 5.11 Å². The smallest absolute Gasteiger partial charge is 0.330 e. The molecule has 2 N–H and O–H groups in total. The maximum absolute atomic E-state index is 11.4. The molecule has 0 aliphatic carbocycles. The quantitative estimate of drug-likeness (QED) is 0.814. The van der Waals surface area contributed by atoms with Crippen molar-refractivity contribution in [3.05, 3.63) is 52.7 Å². The second kappa shape index (κ2) is 4.37. The van der Waals surface area contributed by atoms with E-state index in [-0.39, 0.29) is 18.2 Å². The molecule has 0 spiro atoms. The first-order valence-corrected chi connectivity index (χ1v) is 5.19. The Kier molecular flexibility index (Phi) is 2.92. The van der Waals surface area contributed by atoms with Gasteiger partial charge in [0.25, 0.3) is 0 Å². The average molecular weight is 218 g/mol. The topological polar surface area (TPSA) is 58.0 Å². The lowest BCUT2D eigenvalue weighted by Gasteiger charge is -2.10. The lowest BCUT2D eigenvalue weighted by atomic mass is 10.0. The Morgan fingerprint density at radius 3 is 2.94 bits per heavy atom. The van der Waals surface area contributed by atoms with E-state index in [2.05, 4.69) is 4.98 Å². The molecule has 1 aromatic carbocycles. The van der Waals surface area contributed by atoms with Gasteiger partial charge >= 0.3 is 5.69 Å². The van der Waals surface area contributed by atoms with Crippen molar-refractivity contribution >= 4 is 0 Å². The maximum Gasteiger partial charge on any atom is 0.330 e. The largest absolute Gasteiger partial charge is 0.396 e. The number of benzene rings is 1. The highest BCUT2D eigenvalue weighted by molar-refractivity contribution is 5.37. The minimum absolute atomic E-state index is 0.0783. The molecule has 0 saturated carbocycles. The van der Waals surface area contributed by atoms with Gasteiger partial charge in [-0.2, -0.15) is 0 Å². The van der Waals surface area contributed by atoms with Crippen LogP contribution in [0.3, 0.4) is 0 Å². The molecule has 2 aromatic rings. The van der Waals surface area contributed by atoms with Crippen molar-refractivity contribution in [3.63, 3.8) is 0 Å². The van der Waals surface area contributed by atoms with Crippen LogP contribution in [0.2, 0.25) is 0 Å². The van der Waals surface area contributed by atoms with Crippen molar-refractivity contribution < 1.29 is 5.11 Å². The fourth-order valence-electron chi connectivity index (χ4n) is 1.61. The van der Waals surface area contributed by atoms with E-state index >= 15 is 0 Å². The molecule has 1 heterocycles. The molecule has 84 valence electrons. The minimum Gasteiger partial charge on any atom is -0.396 e. The number of nitrogens with zero attached hydrogens (tertiary/aromatic N) is 1. The van der Waals surface area contributed by atoms with Gasteiger partial charge in [-0.3, -0.25) is 4.57 Å². The summed E-state index contributed by atoms with van der Waals surface area (Å²) in [5, 5.41) is 9.09. The van der Waals surface area contributed by atoms with Crippen molar-refractivity contribution in [1.29, 1.82) is 0 Å². The van der Waals surface area contributed by atoms with E-state index in [9.17, 15) is 4.79 Å². The number of imidazole rings is 1. The van der Waals surface area contributed by atoms with Crippen LogP contribution in [-0.2, 0) is 0 Å². The first-order chi connectivity index (χ1) is 7.72. The highest BCUT2D eigenvalue weighted by Gasteiger charge is 2.06. The van der Waals surface area contributed by atoms with Gasteiger partial charge in [0.1, 0.15) is 0 Å². The van der Waals surface area contributed by atoms with E-state index in [1.54, 1.807) is 12.4 Å². The maximum atomic E-state index is 11.4. The molecule has 0 amide bonds. The molecule has 16 heavy (non-hydrogen) atoms. The van der Waals surface area contributed by atoms with E-state index in [0.717, 1.165) is 11.3 Å². The zero-order chi connectivity index (χ0) is 11.5. The number of aliphatic hydroxyl groups excluding tert-OH is 1. The van der Waals surface area contributed by atoms with Crippen LogP contribution < -0.4 is 5.69 Å². The molecule has 0 fully saturated rings. The SMILES string of the molecule is CC(CO)c1cccc(-n2cc[nH]c2=O)c1. The van der Waals surface area contributed by atoms with E-state index in [0.29, 0.717) is 0 Å². The highest BCUT2D eigenvalue weighted by Crippen LogP contribution is 2.17. The van der Waals surface area contributed by atoms with Crippen molar-refractivity contribution in [2.45, 2.75) is 12.8 Å². The monoisotopic (exact) mass is 218 g/mol. The standard InChI is InChI=1S/C12H14N2O2/c1-9(8-15)10-3-2-4-11(7-10)14-6-5-13-12(14)16/h2-7,9,15H,8H2,1H3,(H,13,16). The summed E-state index contributed by atoms with van der Waals surface area (Å²) in [6.45, 7) is 2.05. The summed E-state index contributed by atoms with van der Waals surface area (Å²) in [5.41, 5.74) is 1.67. The first kappa shape index (κ1) is 10.7. The van der Waals surface area contributed by atoms with Crippen LogP contribution in [-0.4, -0.2) is 21.3 Å². The van der Waals surface area contributed by atoms with Crippen LogP contribution in [0.4, 0.5) is 0 Å². The molecule has 1 atom stereocenters. The van der Waals surface area contributed by atoms with Crippen molar-refractivity contribution in [2.75, 3.05) is 6.61 Å². The molecule has 4 nitrogen and oxygen atoms in total. The Bertz CT molecular complexity index is 528. The number of hydrogen-bond donors (Lipinski definition) is 2. The predicted octanol–water partition coefficient (Wildman–Crippen LogP) is 1.26. The van der Waals surface area contributed by atoms with Gasteiger partial charge in [0.2, 0.25) is 0 Å². The van der Waals surface area contributed by atoms with E-state index in [1.807, 2.05) is 31.2 Å². The van der Waals surface area contributed by atoms with Crippen molar-refractivity contribution in [3.8, 4) is 5.69 Å². The van der Waals surface area contributed by atoms with Gasteiger partial charge in [-0.1, -0.05) is 19.1 Å². The number of aromatic amines is 1. The number of aromatic nitrogens is 2. The Labute approximate surface area is 93.2 Å². The van der Waals surface area contributed by atoms with E-state index in [1.165, 1.54) is 4.57 Å². The predicted molar refractivity (Wildman–Crippen MR) is 61.9 cm³/mol. The summed E-state index contributed by atoms with van der Waals surface area (Å²) in [6, 6.07) is 7.61. The molecular formula is C12H14N2O2. The van der Waals surface area contributed by atoms with Crippen LogP contribution in [0.1, 0.15) is 18.4 Å². The van der Waals surface area contributed by atoms with Gasteiger partial charge < -0.3 is 10.1 Å². The molecule has 0 radical (unpaired) electrons. The molecule has 4 heteroatoms. The molecule has 2 rings (SSSR count). The summed E-state index contributed by atoms with van der Waals surface area (Å²) >= 11 is 0. The van der Waals surface area contributed by atoms with E-state index < -0.39 is 0 Å². The van der Waals surface area contributed by atoms with Crippen LogP contribution >= 0.6 is 0 Å². The second-order valence-corrected chi connectivity index (χ2v) is 3.81. The third kappa shape index (κ3) is 1.92. The van der Waals surface area contributed by atoms with Gasteiger partial charge in [0, 0.05) is 24.9 Å². The summed E-state index contributed by atoms with van der Waals surface area (Å²) in [6.07, 6.45) is 3.29. The van der Waals surface area contributed by atoms with Crippen LogP contribution in [0.15, 0.2) is 41.5 Å². The molecule has 0 aliphatic rings. The Hall–Kier alpha value is -1.81. The molecule has 0 aliphatic heterocycles. The van der Waals surface area contributed by atoms with Crippen molar-refractivity contribution in [2.24, 2.45) is 0 Å². The highest BCUT2D eigenvalue weighted by atomic mass is 16.3. The van der Waals surface area contributed by atoms with Crippen molar-refractivity contribution in [1.82, 2.24) is 9.55 Å².